The number of hydrogen-bond acceptors (Lipinski definition) is 3. The summed E-state index contributed by atoms with van der Waals surface area (Å²) in [5.74, 6) is 0.187. The minimum Gasteiger partial charge on any atom is -0.299 e. The van der Waals surface area contributed by atoms with Crippen LogP contribution in [0.4, 0.5) is 0 Å². The van der Waals surface area contributed by atoms with Gasteiger partial charge in [-0.05, 0) is 34.7 Å². The lowest BCUT2D eigenvalue weighted by Gasteiger charge is -2.16. The van der Waals surface area contributed by atoms with E-state index in [0.29, 0.717) is 25.7 Å². The summed E-state index contributed by atoms with van der Waals surface area (Å²) in [4.78, 5) is 29.3. The Kier molecular flexibility index (Phi) is 6.64. The number of benzene rings is 2. The Hall–Kier alpha value is -3.07. The molecule has 0 saturated carbocycles. The van der Waals surface area contributed by atoms with Crippen molar-refractivity contribution >= 4 is 11.6 Å². The predicted molar refractivity (Wildman–Crippen MR) is 107 cm³/mol. The molecule has 1 heterocycles. The van der Waals surface area contributed by atoms with E-state index in [0.717, 1.165) is 16.7 Å². The molecule has 0 N–H and O–H groups in total. The van der Waals surface area contributed by atoms with E-state index in [4.69, 9.17) is 0 Å². The monoisotopic (exact) mass is 357 g/mol. The minimum atomic E-state index is -0.111. The molecule has 2 aromatic carbocycles. The Morgan fingerprint density at radius 1 is 0.667 bits per heavy atom. The molecule has 0 aliphatic rings. The van der Waals surface area contributed by atoms with Gasteiger partial charge in [0.05, 0.1) is 0 Å². The van der Waals surface area contributed by atoms with Crippen molar-refractivity contribution in [3.63, 3.8) is 0 Å². The van der Waals surface area contributed by atoms with Crippen LogP contribution in [-0.2, 0) is 22.4 Å². The second-order valence-electron chi connectivity index (χ2n) is 6.79. The standard InChI is InChI=1S/C24H23NO2/c26-23(15-19-7-3-1-4-8-19)17-22(21-11-13-25-14-12-21)18-24(27)16-20-9-5-2-6-10-20/h1-14,22H,15-18H2. The van der Waals surface area contributed by atoms with Crippen molar-refractivity contribution in [1.82, 2.24) is 4.98 Å². The van der Waals surface area contributed by atoms with E-state index in [2.05, 4.69) is 4.98 Å². The second kappa shape index (κ2) is 9.58. The van der Waals surface area contributed by atoms with Crippen molar-refractivity contribution in [3.8, 4) is 0 Å². The first kappa shape index (κ1) is 18.7. The lowest BCUT2D eigenvalue weighted by atomic mass is 9.87. The van der Waals surface area contributed by atoms with E-state index in [1.54, 1.807) is 12.4 Å². The Bertz CT molecular complexity index is 805. The molecule has 3 nitrogen and oxygen atoms in total. The lowest BCUT2D eigenvalue weighted by Crippen LogP contribution is -2.15. The highest BCUT2D eigenvalue weighted by molar-refractivity contribution is 5.85. The number of aromatic nitrogens is 1. The first-order chi connectivity index (χ1) is 13.2. The Balaban J connectivity index is 1.67. The number of Topliss-reactive ketones (excluding diaryl/α,β-unsaturated/α-hetero) is 2. The van der Waals surface area contributed by atoms with Crippen LogP contribution in [-0.4, -0.2) is 16.6 Å². The average Bonchev–Trinajstić information content (AvgIpc) is 2.69. The maximum Gasteiger partial charge on any atom is 0.137 e. The highest BCUT2D eigenvalue weighted by atomic mass is 16.1. The number of pyridine rings is 1. The van der Waals surface area contributed by atoms with Crippen LogP contribution in [0.25, 0.3) is 0 Å². The zero-order valence-corrected chi connectivity index (χ0v) is 15.3. The van der Waals surface area contributed by atoms with Gasteiger partial charge in [0.1, 0.15) is 11.6 Å². The summed E-state index contributed by atoms with van der Waals surface area (Å²) in [6.07, 6.45) is 4.95. The third-order valence-corrected chi connectivity index (χ3v) is 4.61. The van der Waals surface area contributed by atoms with Gasteiger partial charge >= 0.3 is 0 Å². The minimum absolute atomic E-state index is 0.111. The largest absolute Gasteiger partial charge is 0.299 e. The van der Waals surface area contributed by atoms with Gasteiger partial charge in [-0.1, -0.05) is 60.7 Å². The van der Waals surface area contributed by atoms with Crippen LogP contribution >= 0.6 is 0 Å². The van der Waals surface area contributed by atoms with Crippen molar-refractivity contribution in [2.75, 3.05) is 0 Å². The topological polar surface area (TPSA) is 47.0 Å². The molecule has 0 unspecified atom stereocenters. The molecule has 27 heavy (non-hydrogen) atoms. The number of ketones is 2. The third-order valence-electron chi connectivity index (χ3n) is 4.61. The molecule has 0 spiro atoms. The highest BCUT2D eigenvalue weighted by Crippen LogP contribution is 2.25. The maximum atomic E-state index is 12.6. The van der Waals surface area contributed by atoms with Crippen LogP contribution < -0.4 is 0 Å². The molecule has 0 atom stereocenters. The summed E-state index contributed by atoms with van der Waals surface area (Å²) in [7, 11) is 0. The lowest BCUT2D eigenvalue weighted by molar-refractivity contribution is -0.120. The van der Waals surface area contributed by atoms with Crippen molar-refractivity contribution in [1.29, 1.82) is 0 Å². The first-order valence-corrected chi connectivity index (χ1v) is 9.22. The number of carbonyl (C=O) groups excluding carboxylic acids is 2. The van der Waals surface area contributed by atoms with Gasteiger partial charge in [0.2, 0.25) is 0 Å². The molecule has 0 bridgehead atoms. The van der Waals surface area contributed by atoms with Gasteiger partial charge in [-0.25, -0.2) is 0 Å². The van der Waals surface area contributed by atoms with Crippen LogP contribution in [0.3, 0.4) is 0 Å². The van der Waals surface area contributed by atoms with Crippen molar-refractivity contribution in [2.45, 2.75) is 31.6 Å². The summed E-state index contributed by atoms with van der Waals surface area (Å²) >= 11 is 0. The fourth-order valence-corrected chi connectivity index (χ4v) is 3.28. The van der Waals surface area contributed by atoms with Crippen molar-refractivity contribution in [2.24, 2.45) is 0 Å². The fourth-order valence-electron chi connectivity index (χ4n) is 3.28. The molecule has 0 radical (unpaired) electrons. The van der Waals surface area contributed by atoms with E-state index < -0.39 is 0 Å². The number of carbonyl (C=O) groups is 2. The quantitative estimate of drug-likeness (QED) is 0.564. The summed E-state index contributed by atoms with van der Waals surface area (Å²) in [5.41, 5.74) is 3.01. The van der Waals surface area contributed by atoms with E-state index in [9.17, 15) is 9.59 Å². The first-order valence-electron chi connectivity index (χ1n) is 9.22. The summed E-state index contributed by atoms with van der Waals surface area (Å²) < 4.78 is 0. The van der Waals surface area contributed by atoms with E-state index in [1.807, 2.05) is 72.8 Å². The van der Waals surface area contributed by atoms with Gasteiger partial charge < -0.3 is 0 Å². The Labute approximate surface area is 160 Å². The van der Waals surface area contributed by atoms with Gasteiger partial charge in [-0.3, -0.25) is 14.6 Å². The third kappa shape index (κ3) is 6.00. The molecule has 0 aliphatic carbocycles. The molecular weight excluding hydrogens is 334 g/mol. The van der Waals surface area contributed by atoms with Gasteiger partial charge in [0.25, 0.3) is 0 Å². The van der Waals surface area contributed by atoms with Crippen LogP contribution in [0, 0.1) is 0 Å². The normalized spacial score (nSPS) is 10.7. The van der Waals surface area contributed by atoms with Crippen LogP contribution in [0.5, 0.6) is 0 Å². The summed E-state index contributed by atoms with van der Waals surface area (Å²) in [5, 5.41) is 0. The maximum absolute atomic E-state index is 12.6. The number of rotatable bonds is 9. The van der Waals surface area contributed by atoms with Gasteiger partial charge in [0, 0.05) is 38.1 Å². The van der Waals surface area contributed by atoms with E-state index in [1.165, 1.54) is 0 Å². The molecule has 0 aliphatic heterocycles. The molecule has 0 saturated heterocycles. The molecule has 1 aromatic heterocycles. The molecule has 136 valence electrons. The highest BCUT2D eigenvalue weighted by Gasteiger charge is 2.20. The Morgan fingerprint density at radius 3 is 1.56 bits per heavy atom. The smallest absolute Gasteiger partial charge is 0.137 e. The Morgan fingerprint density at radius 2 is 1.11 bits per heavy atom. The molecule has 0 amide bonds. The number of hydrogen-bond donors (Lipinski definition) is 0. The molecule has 3 rings (SSSR count). The summed E-state index contributed by atoms with van der Waals surface area (Å²) in [6, 6.07) is 23.3. The molecule has 0 fully saturated rings. The SMILES string of the molecule is O=C(Cc1ccccc1)CC(CC(=O)Cc1ccccc1)c1ccncc1. The van der Waals surface area contributed by atoms with Gasteiger partial charge in [-0.2, -0.15) is 0 Å². The van der Waals surface area contributed by atoms with E-state index >= 15 is 0 Å². The molecular formula is C24H23NO2. The van der Waals surface area contributed by atoms with Crippen molar-refractivity contribution in [3.05, 3.63) is 102 Å². The van der Waals surface area contributed by atoms with Gasteiger partial charge in [0.15, 0.2) is 0 Å². The van der Waals surface area contributed by atoms with Gasteiger partial charge in [-0.15, -0.1) is 0 Å². The van der Waals surface area contributed by atoms with Crippen molar-refractivity contribution < 1.29 is 9.59 Å². The zero-order chi connectivity index (χ0) is 18.9. The van der Waals surface area contributed by atoms with Crippen LogP contribution in [0.15, 0.2) is 85.2 Å². The van der Waals surface area contributed by atoms with Crippen LogP contribution in [0.2, 0.25) is 0 Å². The van der Waals surface area contributed by atoms with E-state index in [-0.39, 0.29) is 17.5 Å². The van der Waals surface area contributed by atoms with Crippen LogP contribution in [0.1, 0.15) is 35.4 Å². The summed E-state index contributed by atoms with van der Waals surface area (Å²) in [6.45, 7) is 0. The predicted octanol–water partition coefficient (Wildman–Crippen LogP) is 4.57. The molecule has 3 heteroatoms. The molecule has 3 aromatic rings. The second-order valence-corrected chi connectivity index (χ2v) is 6.79. The fraction of sp³-hybridized carbons (Fsp3) is 0.208. The zero-order valence-electron chi connectivity index (χ0n) is 15.3. The average molecular weight is 357 g/mol. The number of nitrogens with zero attached hydrogens (tertiary/aromatic N) is 1.